The predicted molar refractivity (Wildman–Crippen MR) is 50.2 cm³/mol. The van der Waals surface area contributed by atoms with Crippen LogP contribution in [0.15, 0.2) is 18.2 Å². The molecule has 0 radical (unpaired) electrons. The number of nitrogens with zero attached hydrogens (tertiary/aromatic N) is 1. The summed E-state index contributed by atoms with van der Waals surface area (Å²) in [5.74, 6) is 0.384. The fraction of sp³-hybridized carbons (Fsp3) is 0.400. The molecule has 0 heterocycles. The van der Waals surface area contributed by atoms with E-state index in [1.54, 1.807) is 6.07 Å². The van der Waals surface area contributed by atoms with Crippen LogP contribution >= 0.6 is 0 Å². The number of phenolic OH excluding ortho intramolecular Hbond substituents is 1. The van der Waals surface area contributed by atoms with Crippen LogP contribution in [0.3, 0.4) is 0 Å². The van der Waals surface area contributed by atoms with Crippen molar-refractivity contribution in [1.82, 2.24) is 4.90 Å². The third-order valence-electron chi connectivity index (χ3n) is 1.72. The second-order valence-electron chi connectivity index (χ2n) is 3.37. The normalized spacial score (nSPS) is 10.7. The zero-order valence-electron chi connectivity index (χ0n) is 7.83. The van der Waals surface area contributed by atoms with Crippen molar-refractivity contribution < 1.29 is 5.11 Å². The van der Waals surface area contributed by atoms with Crippen molar-refractivity contribution in [3.63, 3.8) is 0 Å². The van der Waals surface area contributed by atoms with Gasteiger partial charge in [0.25, 0.3) is 0 Å². The van der Waals surface area contributed by atoms with Crippen LogP contribution in [0.4, 0.5) is 0 Å². The van der Waals surface area contributed by atoms with Crippen LogP contribution in [-0.4, -0.2) is 24.1 Å². The molecule has 0 amide bonds. The number of aryl methyl sites for hydroxylation is 1. The third kappa shape index (κ3) is 2.24. The van der Waals surface area contributed by atoms with Crippen molar-refractivity contribution in [3.05, 3.63) is 29.3 Å². The number of rotatable bonds is 2. The summed E-state index contributed by atoms with van der Waals surface area (Å²) >= 11 is 0. The molecule has 2 heteroatoms. The lowest BCUT2D eigenvalue weighted by atomic mass is 10.1. The first kappa shape index (κ1) is 9.07. The standard InChI is InChI=1S/C10H15NO/c1-8-4-5-10(12)9(6-8)7-11(2)3/h4-6,12H,7H2,1-3H3. The van der Waals surface area contributed by atoms with E-state index >= 15 is 0 Å². The summed E-state index contributed by atoms with van der Waals surface area (Å²) in [5, 5.41) is 9.46. The maximum Gasteiger partial charge on any atom is 0.120 e. The molecule has 0 fully saturated rings. The first-order chi connectivity index (χ1) is 5.59. The number of hydrogen-bond donors (Lipinski definition) is 1. The van der Waals surface area contributed by atoms with Crippen LogP contribution in [0.5, 0.6) is 5.75 Å². The summed E-state index contributed by atoms with van der Waals surface area (Å²) in [6.45, 7) is 2.81. The number of benzene rings is 1. The van der Waals surface area contributed by atoms with E-state index in [1.807, 2.05) is 38.1 Å². The van der Waals surface area contributed by atoms with Crippen LogP contribution in [-0.2, 0) is 6.54 Å². The van der Waals surface area contributed by atoms with Gasteiger partial charge in [0.15, 0.2) is 0 Å². The quantitative estimate of drug-likeness (QED) is 0.721. The summed E-state index contributed by atoms with van der Waals surface area (Å²) in [6.07, 6.45) is 0. The van der Waals surface area contributed by atoms with E-state index < -0.39 is 0 Å². The van der Waals surface area contributed by atoms with E-state index in [-0.39, 0.29) is 0 Å². The van der Waals surface area contributed by atoms with E-state index in [9.17, 15) is 5.11 Å². The Bertz CT molecular complexity index is 269. The number of hydrogen-bond acceptors (Lipinski definition) is 2. The fourth-order valence-corrected chi connectivity index (χ4v) is 1.18. The maximum atomic E-state index is 9.46. The zero-order valence-corrected chi connectivity index (χ0v) is 7.83. The highest BCUT2D eigenvalue weighted by Gasteiger charge is 2.01. The molecule has 1 N–H and O–H groups in total. The molecule has 66 valence electrons. The highest BCUT2D eigenvalue weighted by Crippen LogP contribution is 2.18. The minimum absolute atomic E-state index is 0.384. The summed E-state index contributed by atoms with van der Waals surface area (Å²) < 4.78 is 0. The molecule has 1 aromatic rings. The monoisotopic (exact) mass is 165 g/mol. The fourth-order valence-electron chi connectivity index (χ4n) is 1.18. The van der Waals surface area contributed by atoms with E-state index in [1.165, 1.54) is 5.56 Å². The molecule has 0 aromatic heterocycles. The smallest absolute Gasteiger partial charge is 0.120 e. The Morgan fingerprint density at radius 2 is 2.00 bits per heavy atom. The van der Waals surface area contributed by atoms with E-state index in [2.05, 4.69) is 0 Å². The minimum Gasteiger partial charge on any atom is -0.508 e. The van der Waals surface area contributed by atoms with Gasteiger partial charge in [0, 0.05) is 12.1 Å². The molecular weight excluding hydrogens is 150 g/mol. The predicted octanol–water partition coefficient (Wildman–Crippen LogP) is 1.76. The average molecular weight is 165 g/mol. The summed E-state index contributed by atoms with van der Waals surface area (Å²) in [5.41, 5.74) is 2.17. The Labute approximate surface area is 73.4 Å². The number of phenols is 1. The minimum atomic E-state index is 0.384. The highest BCUT2D eigenvalue weighted by molar-refractivity contribution is 5.35. The van der Waals surface area contributed by atoms with Crippen molar-refractivity contribution in [2.45, 2.75) is 13.5 Å². The van der Waals surface area contributed by atoms with Crippen molar-refractivity contribution in [1.29, 1.82) is 0 Å². The van der Waals surface area contributed by atoms with E-state index in [0.717, 1.165) is 12.1 Å². The molecule has 2 nitrogen and oxygen atoms in total. The molecule has 0 aliphatic heterocycles. The van der Waals surface area contributed by atoms with Crippen LogP contribution in [0.25, 0.3) is 0 Å². The SMILES string of the molecule is Cc1ccc(O)c(CN(C)C)c1. The number of aromatic hydroxyl groups is 1. The Hall–Kier alpha value is -1.02. The van der Waals surface area contributed by atoms with Gasteiger partial charge in [-0.05, 0) is 27.1 Å². The lowest BCUT2D eigenvalue weighted by Crippen LogP contribution is -2.10. The van der Waals surface area contributed by atoms with E-state index in [0.29, 0.717) is 5.75 Å². The van der Waals surface area contributed by atoms with E-state index in [4.69, 9.17) is 0 Å². The van der Waals surface area contributed by atoms with Gasteiger partial charge in [-0.3, -0.25) is 0 Å². The summed E-state index contributed by atoms with van der Waals surface area (Å²) in [7, 11) is 3.98. The van der Waals surface area contributed by atoms with Gasteiger partial charge in [0.05, 0.1) is 0 Å². The Balaban J connectivity index is 2.90. The molecule has 1 aromatic carbocycles. The van der Waals surface area contributed by atoms with Crippen molar-refractivity contribution in [2.75, 3.05) is 14.1 Å². The average Bonchev–Trinajstić information content (AvgIpc) is 1.96. The van der Waals surface area contributed by atoms with Crippen LogP contribution in [0, 0.1) is 6.92 Å². The second-order valence-corrected chi connectivity index (χ2v) is 3.37. The Kier molecular flexibility index (Phi) is 2.71. The van der Waals surface area contributed by atoms with Crippen LogP contribution in [0.1, 0.15) is 11.1 Å². The molecule has 0 spiro atoms. The maximum absolute atomic E-state index is 9.46. The molecule has 0 bridgehead atoms. The Morgan fingerprint density at radius 3 is 2.58 bits per heavy atom. The van der Waals surface area contributed by atoms with Gasteiger partial charge < -0.3 is 10.0 Å². The topological polar surface area (TPSA) is 23.5 Å². The van der Waals surface area contributed by atoms with Crippen LogP contribution in [0.2, 0.25) is 0 Å². The summed E-state index contributed by atoms with van der Waals surface area (Å²) in [6, 6.07) is 5.66. The van der Waals surface area contributed by atoms with Gasteiger partial charge in [-0.25, -0.2) is 0 Å². The van der Waals surface area contributed by atoms with Gasteiger partial charge in [-0.2, -0.15) is 0 Å². The van der Waals surface area contributed by atoms with Gasteiger partial charge in [-0.15, -0.1) is 0 Å². The molecule has 0 unspecified atom stereocenters. The second kappa shape index (κ2) is 3.59. The molecule has 0 saturated carbocycles. The largest absolute Gasteiger partial charge is 0.508 e. The first-order valence-corrected chi connectivity index (χ1v) is 4.03. The highest BCUT2D eigenvalue weighted by atomic mass is 16.3. The molecule has 0 aliphatic rings. The van der Waals surface area contributed by atoms with Crippen molar-refractivity contribution in [2.24, 2.45) is 0 Å². The van der Waals surface area contributed by atoms with Gasteiger partial charge >= 0.3 is 0 Å². The molecule has 0 atom stereocenters. The van der Waals surface area contributed by atoms with Crippen molar-refractivity contribution in [3.8, 4) is 5.75 Å². The molecule has 0 saturated heterocycles. The van der Waals surface area contributed by atoms with Gasteiger partial charge in [-0.1, -0.05) is 17.7 Å². The Morgan fingerprint density at radius 1 is 1.33 bits per heavy atom. The van der Waals surface area contributed by atoms with Crippen LogP contribution < -0.4 is 0 Å². The molecular formula is C10H15NO. The zero-order chi connectivity index (χ0) is 9.14. The summed E-state index contributed by atoms with van der Waals surface area (Å²) in [4.78, 5) is 2.04. The lowest BCUT2D eigenvalue weighted by molar-refractivity contribution is 0.385. The van der Waals surface area contributed by atoms with Crippen molar-refractivity contribution >= 4 is 0 Å². The first-order valence-electron chi connectivity index (χ1n) is 4.03. The van der Waals surface area contributed by atoms with Gasteiger partial charge in [0.1, 0.15) is 5.75 Å². The molecule has 0 aliphatic carbocycles. The lowest BCUT2D eigenvalue weighted by Gasteiger charge is -2.11. The molecule has 12 heavy (non-hydrogen) atoms. The van der Waals surface area contributed by atoms with Gasteiger partial charge in [0.2, 0.25) is 0 Å². The molecule has 1 rings (SSSR count). The third-order valence-corrected chi connectivity index (χ3v) is 1.72.